The Morgan fingerprint density at radius 1 is 1.35 bits per heavy atom. The van der Waals surface area contributed by atoms with Gasteiger partial charge in [-0.1, -0.05) is 16.8 Å². The first-order valence-corrected chi connectivity index (χ1v) is 12.1. The van der Waals surface area contributed by atoms with E-state index in [-0.39, 0.29) is 29.4 Å². The third-order valence-electron chi connectivity index (χ3n) is 4.63. The maximum Gasteiger partial charge on any atom is 0.312 e. The van der Waals surface area contributed by atoms with Gasteiger partial charge in [0, 0.05) is 19.7 Å². The van der Waals surface area contributed by atoms with Crippen LogP contribution in [0.15, 0.2) is 24.4 Å². The number of carbonyl (C=O) groups is 1. The third kappa shape index (κ3) is 6.24. The van der Waals surface area contributed by atoms with Gasteiger partial charge in [0.15, 0.2) is 0 Å². The highest BCUT2D eigenvalue weighted by atomic mass is 35.5. The Kier molecular flexibility index (Phi) is 7.79. The van der Waals surface area contributed by atoms with E-state index >= 15 is 0 Å². The van der Waals surface area contributed by atoms with Gasteiger partial charge in [0.05, 0.1) is 48.2 Å². The van der Waals surface area contributed by atoms with Crippen LogP contribution in [0.4, 0.5) is 10.1 Å². The number of nitrogens with one attached hydrogen (secondary N) is 1. The second kappa shape index (κ2) is 10.4. The Bertz CT molecular complexity index is 1320. The third-order valence-corrected chi connectivity index (χ3v) is 5.53. The zero-order chi connectivity index (χ0) is 25.0. The minimum Gasteiger partial charge on any atom is -0.457 e. The molecule has 0 aliphatic heterocycles. The molecule has 1 N–H and O–H groups in total. The molecule has 3 rings (SSSR count). The summed E-state index contributed by atoms with van der Waals surface area (Å²) in [5.74, 6) is -1.24. The van der Waals surface area contributed by atoms with E-state index < -0.39 is 27.9 Å². The average Bonchev–Trinajstić information content (AvgIpc) is 3.10. The van der Waals surface area contributed by atoms with Crippen molar-refractivity contribution >= 4 is 33.3 Å². The number of nitrogens with zero attached hydrogens (tertiary/aromatic N) is 5. The van der Waals surface area contributed by atoms with Crippen molar-refractivity contribution in [2.75, 3.05) is 18.1 Å². The molecule has 11 nitrogen and oxygen atoms in total. The molecule has 3 aromatic heterocycles. The van der Waals surface area contributed by atoms with Crippen LogP contribution in [0, 0.1) is 5.82 Å². The molecule has 0 bridgehead atoms. The highest BCUT2D eigenvalue weighted by Gasteiger charge is 2.22. The van der Waals surface area contributed by atoms with Crippen LogP contribution in [-0.4, -0.2) is 52.7 Å². The molecule has 34 heavy (non-hydrogen) atoms. The molecule has 0 radical (unpaired) electrons. The number of pyridine rings is 2. The van der Waals surface area contributed by atoms with Crippen molar-refractivity contribution in [3.63, 3.8) is 0 Å². The normalized spacial score (nSPS) is 12.4. The summed E-state index contributed by atoms with van der Waals surface area (Å²) in [6, 6.07) is 4.22. The molecule has 0 aliphatic carbocycles. The van der Waals surface area contributed by atoms with E-state index in [9.17, 15) is 17.6 Å². The molecule has 0 fully saturated rings. The Balaban J connectivity index is 1.85. The number of aryl methyl sites for hydroxylation is 1. The van der Waals surface area contributed by atoms with Crippen molar-refractivity contribution in [3.8, 4) is 11.4 Å². The van der Waals surface area contributed by atoms with Crippen LogP contribution >= 0.6 is 11.6 Å². The summed E-state index contributed by atoms with van der Waals surface area (Å²) < 4.78 is 51.1. The van der Waals surface area contributed by atoms with Crippen molar-refractivity contribution in [3.05, 3.63) is 52.3 Å². The van der Waals surface area contributed by atoms with Crippen molar-refractivity contribution in [2.45, 2.75) is 26.1 Å². The largest absolute Gasteiger partial charge is 0.457 e. The Labute approximate surface area is 200 Å². The van der Waals surface area contributed by atoms with Crippen LogP contribution < -0.4 is 4.72 Å². The molecule has 0 aliphatic rings. The number of sulfonamides is 1. The first-order chi connectivity index (χ1) is 16.0. The van der Waals surface area contributed by atoms with Gasteiger partial charge < -0.3 is 9.47 Å². The maximum atomic E-state index is 13.5. The van der Waals surface area contributed by atoms with E-state index in [0.717, 1.165) is 18.5 Å². The molecule has 0 unspecified atom stereocenters. The number of rotatable bonds is 9. The monoisotopic (exact) mass is 512 g/mol. The Hall–Kier alpha value is -3.16. The lowest BCUT2D eigenvalue weighted by atomic mass is 10.1. The van der Waals surface area contributed by atoms with Gasteiger partial charge in [0.1, 0.15) is 22.8 Å². The molecule has 3 heterocycles. The first-order valence-electron chi connectivity index (χ1n) is 9.84. The zero-order valence-electron chi connectivity index (χ0n) is 18.7. The summed E-state index contributed by atoms with van der Waals surface area (Å²) in [5.41, 5.74) is 1.88. The summed E-state index contributed by atoms with van der Waals surface area (Å²) >= 11 is 5.99. The summed E-state index contributed by atoms with van der Waals surface area (Å²) in [7, 11) is -0.481. The topological polar surface area (TPSA) is 138 Å². The number of aromatic nitrogens is 5. The van der Waals surface area contributed by atoms with E-state index in [0.29, 0.717) is 22.8 Å². The number of hydrogen-bond donors (Lipinski definition) is 1. The van der Waals surface area contributed by atoms with Gasteiger partial charge in [-0.3, -0.25) is 14.2 Å². The van der Waals surface area contributed by atoms with Crippen LogP contribution in [0.2, 0.25) is 5.15 Å². The number of methoxy groups -OCH3 is 1. The molecule has 1 atom stereocenters. The highest BCUT2D eigenvalue weighted by Crippen LogP contribution is 2.27. The number of halogens is 2. The van der Waals surface area contributed by atoms with E-state index in [1.807, 2.05) is 0 Å². The lowest BCUT2D eigenvalue weighted by Gasteiger charge is -2.15. The zero-order valence-corrected chi connectivity index (χ0v) is 20.3. The second-order valence-corrected chi connectivity index (χ2v) is 9.46. The number of hydrogen-bond acceptors (Lipinski definition) is 9. The van der Waals surface area contributed by atoms with Crippen molar-refractivity contribution in [1.29, 1.82) is 0 Å². The first kappa shape index (κ1) is 25.5. The van der Waals surface area contributed by atoms with Crippen molar-refractivity contribution < 1.29 is 27.1 Å². The lowest BCUT2D eigenvalue weighted by molar-refractivity contribution is -0.147. The molecular weight excluding hydrogens is 491 g/mol. The minimum atomic E-state index is -3.53. The maximum absolute atomic E-state index is 13.5. The fourth-order valence-electron chi connectivity index (χ4n) is 3.11. The van der Waals surface area contributed by atoms with E-state index in [4.69, 9.17) is 21.1 Å². The summed E-state index contributed by atoms with van der Waals surface area (Å²) in [4.78, 5) is 20.8. The number of anilines is 1. The van der Waals surface area contributed by atoms with Gasteiger partial charge in [-0.15, -0.1) is 5.10 Å². The summed E-state index contributed by atoms with van der Waals surface area (Å²) in [6.07, 6.45) is 0.933. The van der Waals surface area contributed by atoms with Crippen LogP contribution in [0.1, 0.15) is 30.0 Å². The number of esters is 1. The number of carbonyl (C=O) groups excluding carboxylic acids is 1. The molecule has 0 aromatic carbocycles. The predicted molar refractivity (Wildman–Crippen MR) is 121 cm³/mol. The molecule has 0 spiro atoms. The van der Waals surface area contributed by atoms with Crippen molar-refractivity contribution in [1.82, 2.24) is 25.0 Å². The number of ether oxygens (including phenoxy) is 2. The van der Waals surface area contributed by atoms with Gasteiger partial charge in [-0.2, -0.15) is 0 Å². The van der Waals surface area contributed by atoms with Crippen molar-refractivity contribution in [2.24, 2.45) is 7.05 Å². The van der Waals surface area contributed by atoms with E-state index in [1.54, 1.807) is 20.0 Å². The molecular formula is C20H22ClFN6O5S. The van der Waals surface area contributed by atoms with Gasteiger partial charge in [-0.25, -0.2) is 22.8 Å². The van der Waals surface area contributed by atoms with E-state index in [1.165, 1.54) is 17.9 Å². The Morgan fingerprint density at radius 2 is 2.09 bits per heavy atom. The van der Waals surface area contributed by atoms with Crippen LogP contribution in [0.25, 0.3) is 11.4 Å². The molecule has 3 aromatic rings. The quantitative estimate of drug-likeness (QED) is 0.338. The second-order valence-electron chi connectivity index (χ2n) is 7.35. The van der Waals surface area contributed by atoms with Crippen LogP contribution in [-0.2, 0) is 44.4 Å². The van der Waals surface area contributed by atoms with Gasteiger partial charge >= 0.3 is 5.97 Å². The average molecular weight is 513 g/mol. The van der Waals surface area contributed by atoms with Gasteiger partial charge in [-0.05, 0) is 25.1 Å². The highest BCUT2D eigenvalue weighted by molar-refractivity contribution is 7.92. The molecule has 182 valence electrons. The molecule has 0 amide bonds. The SMILES string of the molecule is COCc1nc(-c2nnn(C)c2CC(=O)O[C@H](C)c2cc(F)cnc2Cl)ccc1NS(C)(=O)=O. The van der Waals surface area contributed by atoms with Crippen LogP contribution in [0.5, 0.6) is 0 Å². The predicted octanol–water partition coefficient (Wildman–Crippen LogP) is 2.43. The smallest absolute Gasteiger partial charge is 0.312 e. The fourth-order valence-corrected chi connectivity index (χ4v) is 3.95. The molecule has 14 heteroatoms. The summed E-state index contributed by atoms with van der Waals surface area (Å²) in [6.45, 7) is 1.58. The fraction of sp³-hybridized carbons (Fsp3) is 0.350. The minimum absolute atomic E-state index is 0.0299. The standard InChI is InChI=1S/C20H22ClFN6O5S/c1-11(13-7-12(22)9-23-20(13)21)33-18(29)8-17-19(25-27-28(17)2)15-6-5-14(26-34(4,30)31)16(24-15)10-32-3/h5-7,9,11,26H,8,10H2,1-4H3/t11-/m1/s1. The molecule has 0 saturated carbocycles. The van der Waals surface area contributed by atoms with Crippen LogP contribution in [0.3, 0.4) is 0 Å². The summed E-state index contributed by atoms with van der Waals surface area (Å²) in [5, 5.41) is 8.08. The molecule has 0 saturated heterocycles. The van der Waals surface area contributed by atoms with E-state index in [2.05, 4.69) is 25.0 Å². The Morgan fingerprint density at radius 3 is 2.76 bits per heavy atom. The van der Waals surface area contributed by atoms with Gasteiger partial charge in [0.25, 0.3) is 0 Å². The van der Waals surface area contributed by atoms with Gasteiger partial charge in [0.2, 0.25) is 10.0 Å². The lowest BCUT2D eigenvalue weighted by Crippen LogP contribution is -2.15.